The molecule has 0 aliphatic carbocycles. The van der Waals surface area contributed by atoms with Gasteiger partial charge in [0, 0.05) is 35.1 Å². The maximum Gasteiger partial charge on any atom is 0.242 e. The molecule has 0 saturated heterocycles. The summed E-state index contributed by atoms with van der Waals surface area (Å²) in [6, 6.07) is 4.71. The number of hydrogen-bond donors (Lipinski definition) is 1. The van der Waals surface area contributed by atoms with Gasteiger partial charge < -0.3 is 10.2 Å². The topological polar surface area (TPSA) is 49.4 Å². The van der Waals surface area contributed by atoms with Crippen LogP contribution in [0.4, 0.5) is 0 Å². The standard InChI is InChI=1S/C19H28Cl2N2O2/c1-5-8-18(24)23(12-14-15(20)9-7-10-16(14)21)17(6-2)19(25)22-11-13(3)4/h7,9-10,13,17H,5-6,8,11-12H2,1-4H3,(H,22,25). The zero-order valence-corrected chi connectivity index (χ0v) is 17.0. The second-order valence-corrected chi connectivity index (χ2v) is 7.35. The summed E-state index contributed by atoms with van der Waals surface area (Å²) < 4.78 is 0. The molecular formula is C19H28Cl2N2O2. The van der Waals surface area contributed by atoms with Crippen LogP contribution >= 0.6 is 23.2 Å². The lowest BCUT2D eigenvalue weighted by atomic mass is 10.1. The first-order valence-corrected chi connectivity index (χ1v) is 9.57. The molecule has 1 aromatic carbocycles. The third kappa shape index (κ3) is 6.52. The monoisotopic (exact) mass is 386 g/mol. The van der Waals surface area contributed by atoms with E-state index in [0.29, 0.717) is 40.9 Å². The van der Waals surface area contributed by atoms with E-state index in [0.717, 1.165) is 6.42 Å². The molecule has 0 spiro atoms. The van der Waals surface area contributed by atoms with Crippen molar-refractivity contribution in [3.05, 3.63) is 33.8 Å². The van der Waals surface area contributed by atoms with Gasteiger partial charge in [0.1, 0.15) is 6.04 Å². The molecule has 1 aromatic rings. The average Bonchev–Trinajstić information content (AvgIpc) is 2.55. The summed E-state index contributed by atoms with van der Waals surface area (Å²) in [4.78, 5) is 26.9. The van der Waals surface area contributed by atoms with Crippen LogP contribution in [-0.2, 0) is 16.1 Å². The van der Waals surface area contributed by atoms with Gasteiger partial charge in [-0.3, -0.25) is 9.59 Å². The molecule has 0 bridgehead atoms. The Balaban J connectivity index is 3.09. The van der Waals surface area contributed by atoms with Gasteiger partial charge in [-0.05, 0) is 30.9 Å². The number of nitrogens with one attached hydrogen (secondary N) is 1. The van der Waals surface area contributed by atoms with E-state index in [2.05, 4.69) is 5.32 Å². The Labute approximate surface area is 160 Å². The Hall–Kier alpha value is -1.26. The van der Waals surface area contributed by atoms with Crippen LogP contribution in [0.15, 0.2) is 18.2 Å². The van der Waals surface area contributed by atoms with E-state index in [4.69, 9.17) is 23.2 Å². The van der Waals surface area contributed by atoms with Gasteiger partial charge in [-0.1, -0.05) is 57.0 Å². The molecule has 2 amide bonds. The molecule has 6 heteroatoms. The largest absolute Gasteiger partial charge is 0.354 e. The minimum absolute atomic E-state index is 0.0648. The van der Waals surface area contributed by atoms with Crippen LogP contribution in [-0.4, -0.2) is 29.3 Å². The van der Waals surface area contributed by atoms with Crippen molar-refractivity contribution in [3.63, 3.8) is 0 Å². The molecule has 0 heterocycles. The highest BCUT2D eigenvalue weighted by molar-refractivity contribution is 6.36. The molecule has 1 rings (SSSR count). The number of benzene rings is 1. The fourth-order valence-corrected chi connectivity index (χ4v) is 3.07. The number of carbonyl (C=O) groups excluding carboxylic acids is 2. The molecule has 0 aliphatic heterocycles. The van der Waals surface area contributed by atoms with E-state index in [-0.39, 0.29) is 18.4 Å². The fourth-order valence-electron chi connectivity index (χ4n) is 2.55. The van der Waals surface area contributed by atoms with Gasteiger partial charge in [0.25, 0.3) is 0 Å². The van der Waals surface area contributed by atoms with Crippen molar-refractivity contribution >= 4 is 35.0 Å². The van der Waals surface area contributed by atoms with Gasteiger partial charge in [-0.15, -0.1) is 0 Å². The van der Waals surface area contributed by atoms with Crippen molar-refractivity contribution in [2.24, 2.45) is 5.92 Å². The zero-order valence-electron chi connectivity index (χ0n) is 15.4. The van der Waals surface area contributed by atoms with Crippen LogP contribution in [0.25, 0.3) is 0 Å². The Morgan fingerprint density at radius 1 is 1.16 bits per heavy atom. The summed E-state index contributed by atoms with van der Waals surface area (Å²) in [5.41, 5.74) is 0.672. The number of rotatable bonds is 9. The predicted molar refractivity (Wildman–Crippen MR) is 104 cm³/mol. The third-order valence-electron chi connectivity index (χ3n) is 3.92. The lowest BCUT2D eigenvalue weighted by Crippen LogP contribution is -2.49. The molecule has 1 unspecified atom stereocenters. The maximum atomic E-state index is 12.7. The van der Waals surface area contributed by atoms with Gasteiger partial charge in [0.05, 0.1) is 0 Å². The highest BCUT2D eigenvalue weighted by Gasteiger charge is 2.29. The summed E-state index contributed by atoms with van der Waals surface area (Å²) in [5, 5.41) is 3.93. The van der Waals surface area contributed by atoms with Crippen LogP contribution in [0.2, 0.25) is 10.0 Å². The molecule has 0 aliphatic rings. The van der Waals surface area contributed by atoms with Gasteiger partial charge in [0.2, 0.25) is 11.8 Å². The average molecular weight is 387 g/mol. The van der Waals surface area contributed by atoms with Crippen LogP contribution < -0.4 is 5.32 Å². The van der Waals surface area contributed by atoms with Gasteiger partial charge in [-0.25, -0.2) is 0 Å². The van der Waals surface area contributed by atoms with Crippen LogP contribution in [0.5, 0.6) is 0 Å². The Morgan fingerprint density at radius 2 is 1.76 bits per heavy atom. The van der Waals surface area contributed by atoms with Crippen LogP contribution in [0.3, 0.4) is 0 Å². The van der Waals surface area contributed by atoms with E-state index in [1.54, 1.807) is 23.1 Å². The maximum absolute atomic E-state index is 12.7. The normalized spacial score (nSPS) is 12.1. The van der Waals surface area contributed by atoms with E-state index in [9.17, 15) is 9.59 Å². The smallest absolute Gasteiger partial charge is 0.242 e. The van der Waals surface area contributed by atoms with Crippen molar-refractivity contribution in [2.45, 2.75) is 59.5 Å². The summed E-state index contributed by atoms with van der Waals surface area (Å²) in [7, 11) is 0. The second-order valence-electron chi connectivity index (χ2n) is 6.53. The van der Waals surface area contributed by atoms with E-state index < -0.39 is 6.04 Å². The van der Waals surface area contributed by atoms with Crippen molar-refractivity contribution < 1.29 is 9.59 Å². The molecule has 0 aromatic heterocycles. The first-order valence-electron chi connectivity index (χ1n) is 8.81. The molecule has 140 valence electrons. The number of hydrogen-bond acceptors (Lipinski definition) is 2. The van der Waals surface area contributed by atoms with E-state index >= 15 is 0 Å². The summed E-state index contributed by atoms with van der Waals surface area (Å²) >= 11 is 12.5. The molecule has 0 saturated carbocycles. The van der Waals surface area contributed by atoms with Gasteiger partial charge in [0.15, 0.2) is 0 Å². The van der Waals surface area contributed by atoms with Crippen LogP contribution in [0, 0.1) is 5.92 Å². The number of amides is 2. The SMILES string of the molecule is CCCC(=O)N(Cc1c(Cl)cccc1Cl)C(CC)C(=O)NCC(C)C. The molecule has 0 radical (unpaired) electrons. The van der Waals surface area contributed by atoms with E-state index in [1.165, 1.54) is 0 Å². The third-order valence-corrected chi connectivity index (χ3v) is 4.63. The van der Waals surface area contributed by atoms with Gasteiger partial charge in [-0.2, -0.15) is 0 Å². The van der Waals surface area contributed by atoms with Crippen molar-refractivity contribution in [2.75, 3.05) is 6.54 Å². The molecule has 1 N–H and O–H groups in total. The summed E-state index contributed by atoms with van der Waals surface area (Å²) in [5.74, 6) is 0.146. The minimum atomic E-state index is -0.537. The van der Waals surface area contributed by atoms with E-state index in [1.807, 2.05) is 27.7 Å². The molecule has 4 nitrogen and oxygen atoms in total. The molecule has 1 atom stereocenters. The molecule has 0 fully saturated rings. The fraction of sp³-hybridized carbons (Fsp3) is 0.579. The Bertz CT molecular complexity index is 571. The number of carbonyl (C=O) groups is 2. The van der Waals surface area contributed by atoms with Crippen LogP contribution in [0.1, 0.15) is 52.5 Å². The highest BCUT2D eigenvalue weighted by atomic mass is 35.5. The zero-order chi connectivity index (χ0) is 19.0. The molecule has 25 heavy (non-hydrogen) atoms. The highest BCUT2D eigenvalue weighted by Crippen LogP contribution is 2.27. The van der Waals surface area contributed by atoms with Crippen molar-refractivity contribution in [1.29, 1.82) is 0 Å². The number of nitrogens with zero attached hydrogens (tertiary/aromatic N) is 1. The Kier molecular flexibility index (Phi) is 9.30. The lowest BCUT2D eigenvalue weighted by Gasteiger charge is -2.31. The summed E-state index contributed by atoms with van der Waals surface area (Å²) in [6.45, 7) is 8.72. The summed E-state index contributed by atoms with van der Waals surface area (Å²) in [6.07, 6.45) is 1.63. The van der Waals surface area contributed by atoms with Gasteiger partial charge >= 0.3 is 0 Å². The molecular weight excluding hydrogens is 359 g/mol. The van der Waals surface area contributed by atoms with Crippen molar-refractivity contribution in [1.82, 2.24) is 10.2 Å². The minimum Gasteiger partial charge on any atom is -0.354 e. The number of halogens is 2. The quantitative estimate of drug-likeness (QED) is 0.669. The first kappa shape index (κ1) is 21.8. The van der Waals surface area contributed by atoms with Crippen molar-refractivity contribution in [3.8, 4) is 0 Å². The first-order chi connectivity index (χ1) is 11.8. The lowest BCUT2D eigenvalue weighted by molar-refractivity contribution is -0.141. The second kappa shape index (κ2) is 10.7. The Morgan fingerprint density at radius 3 is 2.24 bits per heavy atom. The predicted octanol–water partition coefficient (Wildman–Crippen LogP) is 4.67.